The fraction of sp³-hybridized carbons (Fsp3) is 0.556. The Bertz CT molecular complexity index is 1320. The third-order valence-electron chi connectivity index (χ3n) is 7.74. The highest BCUT2D eigenvalue weighted by Crippen LogP contribution is 2.33. The number of Topliss-reactive ketones (excluding diaryl/α,β-unsaturated/α-hetero) is 1. The summed E-state index contributed by atoms with van der Waals surface area (Å²) < 4.78 is 5.53. The third kappa shape index (κ3) is 5.55. The number of rotatable bonds is 6. The van der Waals surface area contributed by atoms with Gasteiger partial charge in [0.1, 0.15) is 18.7 Å². The Morgan fingerprint density at radius 2 is 1.90 bits per heavy atom. The predicted molar refractivity (Wildman–Crippen MR) is 151 cm³/mol. The van der Waals surface area contributed by atoms with Crippen molar-refractivity contribution < 1.29 is 19.1 Å². The molecule has 0 radical (unpaired) electrons. The summed E-state index contributed by atoms with van der Waals surface area (Å²) in [6.07, 6.45) is -0.668. The molecule has 3 aliphatic rings. The number of amides is 2. The van der Waals surface area contributed by atoms with E-state index in [0.717, 1.165) is 42.6 Å². The Balaban J connectivity index is 1.29. The lowest BCUT2D eigenvalue weighted by atomic mass is 9.85. The average molecular weight is 567 g/mol. The van der Waals surface area contributed by atoms with E-state index in [9.17, 15) is 14.4 Å². The highest BCUT2D eigenvalue weighted by atomic mass is 32.1. The van der Waals surface area contributed by atoms with E-state index >= 15 is 0 Å². The van der Waals surface area contributed by atoms with E-state index in [1.165, 1.54) is 4.90 Å². The number of benzene rings is 1. The number of thiazole rings is 1. The number of hydrogen-bond donors (Lipinski definition) is 1. The van der Waals surface area contributed by atoms with Crippen LogP contribution in [0, 0.1) is 5.41 Å². The van der Waals surface area contributed by atoms with Crippen LogP contribution >= 0.6 is 11.3 Å². The van der Waals surface area contributed by atoms with Crippen LogP contribution in [0.25, 0.3) is 21.7 Å². The number of azide groups is 1. The van der Waals surface area contributed by atoms with Crippen molar-refractivity contribution in [2.45, 2.75) is 45.0 Å². The van der Waals surface area contributed by atoms with E-state index < -0.39 is 41.5 Å². The van der Waals surface area contributed by atoms with Crippen molar-refractivity contribution in [1.29, 1.82) is 0 Å². The molecule has 212 valence electrons. The lowest BCUT2D eigenvalue weighted by molar-refractivity contribution is -0.140. The van der Waals surface area contributed by atoms with Crippen LogP contribution in [0.3, 0.4) is 0 Å². The van der Waals surface area contributed by atoms with Crippen LogP contribution in [0.2, 0.25) is 0 Å². The van der Waals surface area contributed by atoms with Crippen molar-refractivity contribution in [3.63, 3.8) is 0 Å². The van der Waals surface area contributed by atoms with E-state index in [0.29, 0.717) is 5.56 Å². The van der Waals surface area contributed by atoms with Gasteiger partial charge in [-0.15, -0.1) is 11.3 Å². The summed E-state index contributed by atoms with van der Waals surface area (Å²) in [5.41, 5.74) is 10.5. The molecule has 2 amide bonds. The first-order valence-corrected chi connectivity index (χ1v) is 14.2. The number of hydrogen-bond acceptors (Lipinski definition) is 9. The number of likely N-dealkylation sites (tertiary alicyclic amines) is 1. The second-order valence-corrected chi connectivity index (χ2v) is 12.4. The number of carbonyl (C=O) groups excluding carboxylic acids is 3. The summed E-state index contributed by atoms with van der Waals surface area (Å²) in [6, 6.07) is 4.77. The van der Waals surface area contributed by atoms with Gasteiger partial charge in [0.25, 0.3) is 5.91 Å². The molecule has 0 unspecified atom stereocenters. The molecule has 4 atom stereocenters. The van der Waals surface area contributed by atoms with E-state index in [2.05, 4.69) is 32.2 Å². The Hall–Kier alpha value is -3.51. The zero-order valence-corrected chi connectivity index (χ0v) is 23.9. The van der Waals surface area contributed by atoms with Crippen LogP contribution in [-0.2, 0) is 14.3 Å². The third-order valence-corrected chi connectivity index (χ3v) is 8.64. The first-order chi connectivity index (χ1) is 19.1. The molecular formula is C27H34N8O4S. The highest BCUT2D eigenvalue weighted by molar-refractivity contribution is 7.14. The molecule has 4 heterocycles. The van der Waals surface area contributed by atoms with Gasteiger partial charge in [0.15, 0.2) is 10.9 Å². The smallest absolute Gasteiger partial charge is 0.251 e. The van der Waals surface area contributed by atoms with Crippen LogP contribution in [0.5, 0.6) is 0 Å². The van der Waals surface area contributed by atoms with Gasteiger partial charge in [-0.3, -0.25) is 14.4 Å². The molecule has 2 aromatic rings. The normalized spacial score (nSPS) is 24.0. The number of piperazine rings is 1. The first-order valence-electron chi connectivity index (χ1n) is 13.4. The fourth-order valence-electron chi connectivity index (χ4n) is 5.39. The fourth-order valence-corrected chi connectivity index (χ4v) is 6.27. The molecule has 3 saturated heterocycles. The molecule has 1 aromatic carbocycles. The SMILES string of the molecule is CN1CCN(c2nc(-c3ccc(C(=O)N[C@H](C(=O)N4C[C@@H](N=[N+]=[N-])[C@H]5OCC(=O)[C@H]54)C(C)(C)C)cc3)cs2)CC1. The van der Waals surface area contributed by atoms with E-state index in [1.54, 1.807) is 23.5 Å². The topological polar surface area (TPSA) is 144 Å². The van der Waals surface area contributed by atoms with Crippen LogP contribution in [-0.4, -0.2) is 103 Å². The first kappa shape index (κ1) is 28.0. The van der Waals surface area contributed by atoms with E-state index in [1.807, 2.05) is 38.3 Å². The van der Waals surface area contributed by atoms with Crippen molar-refractivity contribution in [1.82, 2.24) is 20.1 Å². The minimum atomic E-state index is -0.914. The number of nitrogens with zero attached hydrogens (tertiary/aromatic N) is 7. The van der Waals surface area contributed by atoms with Gasteiger partial charge in [0, 0.05) is 54.1 Å². The lowest BCUT2D eigenvalue weighted by Crippen LogP contribution is -2.57. The molecule has 1 N–H and O–H groups in total. The summed E-state index contributed by atoms with van der Waals surface area (Å²) in [7, 11) is 2.12. The monoisotopic (exact) mass is 566 g/mol. The van der Waals surface area contributed by atoms with Gasteiger partial charge in [-0.2, -0.15) is 0 Å². The number of nitrogens with one attached hydrogen (secondary N) is 1. The van der Waals surface area contributed by atoms with Gasteiger partial charge < -0.3 is 24.8 Å². The van der Waals surface area contributed by atoms with Crippen LogP contribution in [0.4, 0.5) is 5.13 Å². The minimum absolute atomic E-state index is 0.0604. The molecule has 40 heavy (non-hydrogen) atoms. The van der Waals surface area contributed by atoms with Gasteiger partial charge in [0.2, 0.25) is 5.91 Å². The Labute approximate surface area is 236 Å². The number of fused-ring (bicyclic) bond motifs is 1. The van der Waals surface area contributed by atoms with Gasteiger partial charge in [0.05, 0.1) is 17.8 Å². The van der Waals surface area contributed by atoms with Crippen molar-refractivity contribution in [3.05, 3.63) is 45.7 Å². The molecule has 13 heteroatoms. The van der Waals surface area contributed by atoms with Gasteiger partial charge in [-0.25, -0.2) is 4.98 Å². The zero-order chi connectivity index (χ0) is 28.6. The summed E-state index contributed by atoms with van der Waals surface area (Å²) in [4.78, 5) is 53.2. The molecule has 3 aliphatic heterocycles. The number of ether oxygens (including phenoxy) is 1. The molecule has 0 bridgehead atoms. The number of anilines is 1. The second-order valence-electron chi connectivity index (χ2n) is 11.6. The van der Waals surface area contributed by atoms with Gasteiger partial charge in [-0.05, 0) is 30.1 Å². The number of aromatic nitrogens is 1. The van der Waals surface area contributed by atoms with E-state index in [4.69, 9.17) is 15.3 Å². The summed E-state index contributed by atoms with van der Waals surface area (Å²) in [6.45, 7) is 9.39. The molecule has 3 fully saturated rings. The maximum absolute atomic E-state index is 13.7. The number of ketones is 1. The standard InChI is InChI=1S/C27H34N8O4S/c1-27(2,3)23(25(38)35-13-18(31-32-28)22-21(35)20(36)14-39-22)30-24(37)17-7-5-16(6-8-17)19-15-40-26(29-19)34-11-9-33(4)10-12-34/h5-8,15,18,21-23H,9-14H2,1-4H3,(H,30,37)/t18-,21-,22-,23-/m1/s1. The molecular weight excluding hydrogens is 532 g/mol. The minimum Gasteiger partial charge on any atom is -0.367 e. The predicted octanol–water partition coefficient (Wildman–Crippen LogP) is 2.56. The average Bonchev–Trinajstić information content (AvgIpc) is 3.65. The summed E-state index contributed by atoms with van der Waals surface area (Å²) in [5, 5.41) is 9.65. The molecule has 0 spiro atoms. The second kappa shape index (κ2) is 11.2. The zero-order valence-electron chi connectivity index (χ0n) is 23.1. The lowest BCUT2D eigenvalue weighted by Gasteiger charge is -2.35. The van der Waals surface area contributed by atoms with Crippen LogP contribution < -0.4 is 10.2 Å². The number of carbonyl (C=O) groups is 3. The maximum atomic E-state index is 13.7. The molecule has 5 rings (SSSR count). The summed E-state index contributed by atoms with van der Waals surface area (Å²) >= 11 is 1.61. The Morgan fingerprint density at radius 3 is 2.55 bits per heavy atom. The maximum Gasteiger partial charge on any atom is 0.251 e. The highest BCUT2D eigenvalue weighted by Gasteiger charge is 2.54. The van der Waals surface area contributed by atoms with Crippen molar-refractivity contribution in [2.75, 3.05) is 51.3 Å². The Morgan fingerprint density at radius 1 is 1.20 bits per heavy atom. The molecule has 12 nitrogen and oxygen atoms in total. The molecule has 1 aromatic heterocycles. The van der Waals surface area contributed by atoms with Crippen LogP contribution in [0.15, 0.2) is 34.8 Å². The Kier molecular flexibility index (Phi) is 7.83. The molecule has 0 saturated carbocycles. The van der Waals surface area contributed by atoms with Crippen molar-refractivity contribution in [3.8, 4) is 11.3 Å². The van der Waals surface area contributed by atoms with Gasteiger partial charge in [-0.1, -0.05) is 38.0 Å². The molecule has 0 aliphatic carbocycles. The van der Waals surface area contributed by atoms with E-state index in [-0.39, 0.29) is 18.9 Å². The van der Waals surface area contributed by atoms with Crippen molar-refractivity contribution in [2.24, 2.45) is 10.5 Å². The van der Waals surface area contributed by atoms with Crippen molar-refractivity contribution >= 4 is 34.1 Å². The summed E-state index contributed by atoms with van der Waals surface area (Å²) in [5.74, 6) is -1.03. The quantitative estimate of drug-likeness (QED) is 0.321. The largest absolute Gasteiger partial charge is 0.367 e. The number of likely N-dealkylation sites (N-methyl/N-ethyl adjacent to an activating group) is 1. The van der Waals surface area contributed by atoms with Gasteiger partial charge >= 0.3 is 0 Å². The van der Waals surface area contributed by atoms with Crippen LogP contribution in [0.1, 0.15) is 31.1 Å².